The molecule has 4 nitrogen and oxygen atoms in total. The molecule has 0 unspecified atom stereocenters. The summed E-state index contributed by atoms with van der Waals surface area (Å²) in [5.74, 6) is -0.525. The number of fused-ring (bicyclic) bond motifs is 1. The summed E-state index contributed by atoms with van der Waals surface area (Å²) in [5, 5.41) is 0. The molecule has 0 fully saturated rings. The van der Waals surface area contributed by atoms with E-state index >= 15 is 0 Å². The van der Waals surface area contributed by atoms with Crippen molar-refractivity contribution in [1.29, 1.82) is 0 Å². The third-order valence-corrected chi connectivity index (χ3v) is 4.78. The lowest BCUT2D eigenvalue weighted by atomic mass is 10.0. The molecule has 1 atom stereocenters. The van der Waals surface area contributed by atoms with E-state index in [0.717, 1.165) is 16.6 Å². The molecule has 0 spiro atoms. The van der Waals surface area contributed by atoms with Gasteiger partial charge in [-0.05, 0) is 61.0 Å². The molecule has 0 saturated carbocycles. The Morgan fingerprint density at radius 1 is 1.00 bits per heavy atom. The van der Waals surface area contributed by atoms with Crippen LogP contribution in [0.15, 0.2) is 60.9 Å². The zero-order valence-electron chi connectivity index (χ0n) is 15.5. The van der Waals surface area contributed by atoms with Crippen LogP contribution in [-0.2, 0) is 0 Å². The Bertz CT molecular complexity index is 1170. The number of imidazole rings is 1. The van der Waals surface area contributed by atoms with Gasteiger partial charge in [-0.3, -0.25) is 4.57 Å². The topological polar surface area (TPSA) is 53.1 Å². The molecule has 0 aliphatic rings. The molecule has 0 aliphatic heterocycles. The van der Waals surface area contributed by atoms with Crippen LogP contribution in [0.4, 0.5) is 8.78 Å². The standard InChI is InChI=1S/C22H19F2N3O/c1-13(25)14-3-7-21-20(9-14)26-12-27(21)16-5-6-19(24)17(11-16)18-10-15(23)4-8-22(18)28-2/h3-13H,25H2,1-2H3/t13-/m1/s1. The third-order valence-electron chi connectivity index (χ3n) is 4.78. The van der Waals surface area contributed by atoms with Crippen molar-refractivity contribution < 1.29 is 13.5 Å². The van der Waals surface area contributed by atoms with Crippen molar-refractivity contribution in [2.45, 2.75) is 13.0 Å². The maximum Gasteiger partial charge on any atom is 0.131 e. The number of hydrogen-bond acceptors (Lipinski definition) is 3. The van der Waals surface area contributed by atoms with Gasteiger partial charge in [-0.25, -0.2) is 13.8 Å². The Kier molecular flexibility index (Phi) is 4.57. The fraction of sp³-hybridized carbons (Fsp3) is 0.136. The Balaban J connectivity index is 1.86. The van der Waals surface area contributed by atoms with Crippen LogP contribution in [0.2, 0.25) is 0 Å². The molecule has 0 amide bonds. The second kappa shape index (κ2) is 7.05. The minimum atomic E-state index is -0.462. The first-order valence-corrected chi connectivity index (χ1v) is 8.84. The summed E-state index contributed by atoms with van der Waals surface area (Å²) in [4.78, 5) is 4.44. The molecule has 4 rings (SSSR count). The van der Waals surface area contributed by atoms with Gasteiger partial charge in [-0.15, -0.1) is 0 Å². The van der Waals surface area contributed by atoms with E-state index in [0.29, 0.717) is 17.0 Å². The van der Waals surface area contributed by atoms with Crippen molar-refractivity contribution in [2.75, 3.05) is 7.11 Å². The zero-order chi connectivity index (χ0) is 19.8. The van der Waals surface area contributed by atoms with E-state index in [1.807, 2.05) is 29.7 Å². The molecule has 1 heterocycles. The first-order chi connectivity index (χ1) is 13.5. The van der Waals surface area contributed by atoms with E-state index in [9.17, 15) is 8.78 Å². The first-order valence-electron chi connectivity index (χ1n) is 8.84. The smallest absolute Gasteiger partial charge is 0.131 e. The van der Waals surface area contributed by atoms with Crippen molar-refractivity contribution >= 4 is 11.0 Å². The minimum absolute atomic E-state index is 0.0904. The normalized spacial score (nSPS) is 12.3. The number of benzene rings is 3. The average Bonchev–Trinajstić information content (AvgIpc) is 3.11. The quantitative estimate of drug-likeness (QED) is 0.543. The summed E-state index contributed by atoms with van der Waals surface area (Å²) in [5.41, 5.74) is 9.91. The van der Waals surface area contributed by atoms with Crippen molar-refractivity contribution in [3.8, 4) is 22.6 Å². The monoisotopic (exact) mass is 379 g/mol. The lowest BCUT2D eigenvalue weighted by molar-refractivity contribution is 0.415. The molecule has 0 bridgehead atoms. The van der Waals surface area contributed by atoms with Crippen LogP contribution in [0, 0.1) is 11.6 Å². The van der Waals surface area contributed by atoms with Gasteiger partial charge in [0.2, 0.25) is 0 Å². The van der Waals surface area contributed by atoms with Crippen molar-refractivity contribution in [3.05, 3.63) is 78.1 Å². The van der Waals surface area contributed by atoms with Crippen LogP contribution >= 0.6 is 0 Å². The number of nitrogens with two attached hydrogens (primary N) is 1. The van der Waals surface area contributed by atoms with Gasteiger partial charge in [-0.2, -0.15) is 0 Å². The highest BCUT2D eigenvalue weighted by Gasteiger charge is 2.15. The molecule has 3 aromatic carbocycles. The molecule has 2 N–H and O–H groups in total. The lowest BCUT2D eigenvalue weighted by Gasteiger charge is -2.12. The zero-order valence-corrected chi connectivity index (χ0v) is 15.5. The first kappa shape index (κ1) is 18.1. The van der Waals surface area contributed by atoms with E-state index in [1.54, 1.807) is 18.5 Å². The number of nitrogens with zero attached hydrogens (tertiary/aromatic N) is 2. The maximum atomic E-state index is 14.6. The Hall–Kier alpha value is -3.25. The number of halogens is 2. The van der Waals surface area contributed by atoms with Crippen molar-refractivity contribution in [1.82, 2.24) is 9.55 Å². The van der Waals surface area contributed by atoms with Crippen LogP contribution in [0.5, 0.6) is 5.75 Å². The van der Waals surface area contributed by atoms with Crippen LogP contribution in [0.25, 0.3) is 27.8 Å². The van der Waals surface area contributed by atoms with Crippen LogP contribution in [0.3, 0.4) is 0 Å². The van der Waals surface area contributed by atoms with Crippen molar-refractivity contribution in [3.63, 3.8) is 0 Å². The maximum absolute atomic E-state index is 14.6. The van der Waals surface area contributed by atoms with Crippen LogP contribution < -0.4 is 10.5 Å². The highest BCUT2D eigenvalue weighted by Crippen LogP contribution is 2.34. The summed E-state index contributed by atoms with van der Waals surface area (Å²) in [6, 6.07) is 14.4. The van der Waals surface area contributed by atoms with E-state index < -0.39 is 11.6 Å². The summed E-state index contributed by atoms with van der Waals surface area (Å²) >= 11 is 0. The van der Waals surface area contributed by atoms with E-state index in [4.69, 9.17) is 10.5 Å². The van der Waals surface area contributed by atoms with E-state index in [2.05, 4.69) is 4.98 Å². The van der Waals surface area contributed by atoms with Gasteiger partial charge < -0.3 is 10.5 Å². The Labute approximate surface area is 161 Å². The van der Waals surface area contributed by atoms with Gasteiger partial charge in [-0.1, -0.05) is 6.07 Å². The highest BCUT2D eigenvalue weighted by molar-refractivity contribution is 5.79. The van der Waals surface area contributed by atoms with Gasteiger partial charge in [0.1, 0.15) is 23.7 Å². The minimum Gasteiger partial charge on any atom is -0.496 e. The van der Waals surface area contributed by atoms with Gasteiger partial charge in [0, 0.05) is 22.9 Å². The van der Waals surface area contributed by atoms with Gasteiger partial charge in [0.25, 0.3) is 0 Å². The molecule has 28 heavy (non-hydrogen) atoms. The lowest BCUT2D eigenvalue weighted by Crippen LogP contribution is -2.04. The highest BCUT2D eigenvalue weighted by atomic mass is 19.1. The summed E-state index contributed by atoms with van der Waals surface area (Å²) in [6.07, 6.45) is 1.68. The number of hydrogen-bond donors (Lipinski definition) is 1. The predicted octanol–water partition coefficient (Wildman–Crippen LogP) is 5.00. The SMILES string of the molecule is COc1ccc(F)cc1-c1cc(-n2cnc3cc([C@@H](C)N)ccc32)ccc1F. The van der Waals surface area contributed by atoms with Gasteiger partial charge in [0.05, 0.1) is 18.1 Å². The van der Waals surface area contributed by atoms with Gasteiger partial charge in [0.15, 0.2) is 0 Å². The molecule has 4 aromatic rings. The van der Waals surface area contributed by atoms with Crippen molar-refractivity contribution in [2.24, 2.45) is 5.73 Å². The molecule has 142 valence electrons. The second-order valence-corrected chi connectivity index (χ2v) is 6.66. The molecular formula is C22H19F2N3O. The number of aromatic nitrogens is 2. The third kappa shape index (κ3) is 3.12. The molecule has 0 saturated heterocycles. The van der Waals surface area contributed by atoms with E-state index in [1.165, 1.54) is 31.4 Å². The fourth-order valence-electron chi connectivity index (χ4n) is 3.28. The average molecular weight is 379 g/mol. The summed E-state index contributed by atoms with van der Waals surface area (Å²) in [7, 11) is 1.47. The molecule has 1 aromatic heterocycles. The molecular weight excluding hydrogens is 360 g/mol. The summed E-state index contributed by atoms with van der Waals surface area (Å²) < 4.78 is 35.5. The predicted molar refractivity (Wildman–Crippen MR) is 106 cm³/mol. The van der Waals surface area contributed by atoms with E-state index in [-0.39, 0.29) is 11.6 Å². The van der Waals surface area contributed by atoms with Gasteiger partial charge >= 0.3 is 0 Å². The van der Waals surface area contributed by atoms with Crippen LogP contribution in [-0.4, -0.2) is 16.7 Å². The summed E-state index contributed by atoms with van der Waals surface area (Å²) in [6.45, 7) is 1.91. The molecule has 0 aliphatic carbocycles. The second-order valence-electron chi connectivity index (χ2n) is 6.66. The number of rotatable bonds is 4. The van der Waals surface area contributed by atoms with Crippen LogP contribution in [0.1, 0.15) is 18.5 Å². The fourth-order valence-corrected chi connectivity index (χ4v) is 3.28. The largest absolute Gasteiger partial charge is 0.496 e. The number of methoxy groups -OCH3 is 1. The Morgan fingerprint density at radius 2 is 1.82 bits per heavy atom. The number of ether oxygens (including phenoxy) is 1. The Morgan fingerprint density at radius 3 is 2.57 bits per heavy atom. The molecule has 0 radical (unpaired) electrons. The molecule has 6 heteroatoms.